The van der Waals surface area contributed by atoms with Crippen LogP contribution in [0.15, 0.2) is 24.3 Å². The van der Waals surface area contributed by atoms with E-state index < -0.39 is 0 Å². The zero-order chi connectivity index (χ0) is 11.4. The maximum absolute atomic E-state index is 13.3. The lowest BCUT2D eigenvalue weighted by atomic mass is 10.1. The van der Waals surface area contributed by atoms with Crippen LogP contribution in [-0.4, -0.2) is 19.3 Å². The van der Waals surface area contributed by atoms with E-state index in [1.165, 1.54) is 18.9 Å². The minimum atomic E-state index is -0.180. The fourth-order valence-corrected chi connectivity index (χ4v) is 1.68. The number of benzene rings is 1. The van der Waals surface area contributed by atoms with Gasteiger partial charge in [-0.05, 0) is 36.8 Å². The second-order valence-electron chi connectivity index (χ2n) is 4.54. The zero-order valence-corrected chi connectivity index (χ0v) is 9.36. The van der Waals surface area contributed by atoms with E-state index in [0.29, 0.717) is 18.6 Å². The number of hydrogen-bond donors (Lipinski definition) is 1. The van der Waals surface area contributed by atoms with Crippen LogP contribution >= 0.6 is 0 Å². The average Bonchev–Trinajstić information content (AvgIpc) is 3.05. The highest BCUT2D eigenvalue weighted by molar-refractivity contribution is 5.18. The molecule has 0 heterocycles. The van der Waals surface area contributed by atoms with Gasteiger partial charge in [0.05, 0.1) is 6.61 Å². The summed E-state index contributed by atoms with van der Waals surface area (Å²) in [7, 11) is 0. The number of nitrogens with two attached hydrogens (primary N) is 1. The SMILES string of the molecule is NC(COCC1CC1)Cc1ccccc1F. The molecular weight excluding hydrogens is 205 g/mol. The van der Waals surface area contributed by atoms with E-state index in [1.807, 2.05) is 6.07 Å². The number of halogens is 1. The third-order valence-corrected chi connectivity index (χ3v) is 2.82. The molecule has 1 aromatic rings. The Balaban J connectivity index is 1.73. The van der Waals surface area contributed by atoms with E-state index >= 15 is 0 Å². The van der Waals surface area contributed by atoms with Crippen molar-refractivity contribution in [3.63, 3.8) is 0 Å². The van der Waals surface area contributed by atoms with Crippen LogP contribution in [0.4, 0.5) is 4.39 Å². The van der Waals surface area contributed by atoms with Gasteiger partial charge in [-0.2, -0.15) is 0 Å². The highest BCUT2D eigenvalue weighted by atomic mass is 19.1. The number of ether oxygens (including phenoxy) is 1. The molecule has 0 aromatic heterocycles. The topological polar surface area (TPSA) is 35.2 Å². The summed E-state index contributed by atoms with van der Waals surface area (Å²) < 4.78 is 18.8. The van der Waals surface area contributed by atoms with E-state index in [0.717, 1.165) is 12.5 Å². The van der Waals surface area contributed by atoms with Crippen LogP contribution in [-0.2, 0) is 11.2 Å². The maximum atomic E-state index is 13.3. The molecule has 3 heteroatoms. The molecule has 1 aliphatic rings. The predicted octanol–water partition coefficient (Wildman–Crippen LogP) is 2.12. The van der Waals surface area contributed by atoms with Crippen molar-refractivity contribution in [1.29, 1.82) is 0 Å². The monoisotopic (exact) mass is 223 g/mol. The van der Waals surface area contributed by atoms with Crippen molar-refractivity contribution in [3.05, 3.63) is 35.6 Å². The number of rotatable bonds is 6. The van der Waals surface area contributed by atoms with Crippen molar-refractivity contribution < 1.29 is 9.13 Å². The summed E-state index contributed by atoms with van der Waals surface area (Å²) >= 11 is 0. The first-order valence-corrected chi connectivity index (χ1v) is 5.82. The Morgan fingerprint density at radius 1 is 1.38 bits per heavy atom. The van der Waals surface area contributed by atoms with E-state index in [4.69, 9.17) is 10.5 Å². The molecule has 2 rings (SSSR count). The fraction of sp³-hybridized carbons (Fsp3) is 0.538. The molecule has 0 bridgehead atoms. The molecule has 1 atom stereocenters. The van der Waals surface area contributed by atoms with Gasteiger partial charge in [-0.25, -0.2) is 4.39 Å². The summed E-state index contributed by atoms with van der Waals surface area (Å²) in [5.41, 5.74) is 6.56. The quantitative estimate of drug-likeness (QED) is 0.801. The van der Waals surface area contributed by atoms with Crippen molar-refractivity contribution >= 4 is 0 Å². The second-order valence-corrected chi connectivity index (χ2v) is 4.54. The Labute approximate surface area is 95.6 Å². The van der Waals surface area contributed by atoms with Gasteiger partial charge in [-0.15, -0.1) is 0 Å². The predicted molar refractivity (Wildman–Crippen MR) is 61.6 cm³/mol. The highest BCUT2D eigenvalue weighted by Gasteiger charge is 2.21. The first-order chi connectivity index (χ1) is 7.75. The van der Waals surface area contributed by atoms with Gasteiger partial charge in [0.1, 0.15) is 5.82 Å². The van der Waals surface area contributed by atoms with E-state index in [9.17, 15) is 4.39 Å². The molecule has 16 heavy (non-hydrogen) atoms. The van der Waals surface area contributed by atoms with Gasteiger partial charge < -0.3 is 10.5 Å². The fourth-order valence-electron chi connectivity index (χ4n) is 1.68. The van der Waals surface area contributed by atoms with Gasteiger partial charge in [0, 0.05) is 12.6 Å². The zero-order valence-electron chi connectivity index (χ0n) is 9.36. The van der Waals surface area contributed by atoms with Crippen LogP contribution in [0.2, 0.25) is 0 Å². The Morgan fingerprint density at radius 3 is 2.81 bits per heavy atom. The lowest BCUT2D eigenvalue weighted by Crippen LogP contribution is -2.29. The molecule has 0 saturated heterocycles. The van der Waals surface area contributed by atoms with Crippen LogP contribution in [0, 0.1) is 11.7 Å². The van der Waals surface area contributed by atoms with Crippen molar-refractivity contribution in [2.75, 3.05) is 13.2 Å². The molecule has 0 radical (unpaired) electrons. The van der Waals surface area contributed by atoms with Gasteiger partial charge >= 0.3 is 0 Å². The Kier molecular flexibility index (Phi) is 3.91. The van der Waals surface area contributed by atoms with Crippen molar-refractivity contribution in [1.82, 2.24) is 0 Å². The van der Waals surface area contributed by atoms with Crippen LogP contribution in [0.25, 0.3) is 0 Å². The summed E-state index contributed by atoms with van der Waals surface area (Å²) in [4.78, 5) is 0. The van der Waals surface area contributed by atoms with Crippen molar-refractivity contribution in [3.8, 4) is 0 Å². The summed E-state index contributed by atoms with van der Waals surface area (Å²) in [5.74, 6) is 0.570. The molecule has 0 spiro atoms. The molecule has 2 nitrogen and oxygen atoms in total. The summed E-state index contributed by atoms with van der Waals surface area (Å²) in [5, 5.41) is 0. The standard InChI is InChI=1S/C13H18FNO/c14-13-4-2-1-3-11(13)7-12(15)9-16-8-10-5-6-10/h1-4,10,12H,5-9,15H2. The van der Waals surface area contributed by atoms with Crippen molar-refractivity contribution in [2.24, 2.45) is 11.7 Å². The molecule has 1 saturated carbocycles. The lowest BCUT2D eigenvalue weighted by molar-refractivity contribution is 0.111. The van der Waals surface area contributed by atoms with E-state index in [-0.39, 0.29) is 11.9 Å². The van der Waals surface area contributed by atoms with Crippen LogP contribution < -0.4 is 5.73 Å². The minimum Gasteiger partial charge on any atom is -0.380 e. The largest absolute Gasteiger partial charge is 0.380 e. The molecule has 88 valence electrons. The third-order valence-electron chi connectivity index (χ3n) is 2.82. The normalized spacial score (nSPS) is 17.4. The number of hydrogen-bond acceptors (Lipinski definition) is 2. The molecule has 1 aliphatic carbocycles. The van der Waals surface area contributed by atoms with Gasteiger partial charge in [-0.3, -0.25) is 0 Å². The molecule has 0 aliphatic heterocycles. The Bertz CT molecular complexity index is 338. The maximum Gasteiger partial charge on any atom is 0.126 e. The van der Waals surface area contributed by atoms with Crippen LogP contribution in [0.5, 0.6) is 0 Å². The second kappa shape index (κ2) is 5.41. The van der Waals surface area contributed by atoms with Crippen LogP contribution in [0.3, 0.4) is 0 Å². The first-order valence-electron chi connectivity index (χ1n) is 5.82. The molecule has 0 amide bonds. The smallest absolute Gasteiger partial charge is 0.126 e. The molecule has 1 aromatic carbocycles. The lowest BCUT2D eigenvalue weighted by Gasteiger charge is -2.12. The Morgan fingerprint density at radius 2 is 2.12 bits per heavy atom. The average molecular weight is 223 g/mol. The summed E-state index contributed by atoms with van der Waals surface area (Å²) in [6.45, 7) is 1.33. The van der Waals surface area contributed by atoms with E-state index in [2.05, 4.69) is 0 Å². The van der Waals surface area contributed by atoms with Crippen molar-refractivity contribution in [2.45, 2.75) is 25.3 Å². The highest BCUT2D eigenvalue weighted by Crippen LogP contribution is 2.28. The van der Waals surface area contributed by atoms with E-state index in [1.54, 1.807) is 12.1 Å². The van der Waals surface area contributed by atoms with Gasteiger partial charge in [0.2, 0.25) is 0 Å². The molecule has 2 N–H and O–H groups in total. The van der Waals surface area contributed by atoms with Gasteiger partial charge in [-0.1, -0.05) is 18.2 Å². The summed E-state index contributed by atoms with van der Waals surface area (Å²) in [6.07, 6.45) is 3.10. The van der Waals surface area contributed by atoms with Gasteiger partial charge in [0.15, 0.2) is 0 Å². The Hall–Kier alpha value is -0.930. The molecule has 1 unspecified atom stereocenters. The third kappa shape index (κ3) is 3.58. The molecule has 1 fully saturated rings. The van der Waals surface area contributed by atoms with Gasteiger partial charge in [0.25, 0.3) is 0 Å². The first kappa shape index (κ1) is 11.6. The molecular formula is C13H18FNO. The van der Waals surface area contributed by atoms with Crippen LogP contribution in [0.1, 0.15) is 18.4 Å². The summed E-state index contributed by atoms with van der Waals surface area (Å²) in [6, 6.07) is 6.64. The minimum absolute atomic E-state index is 0.115.